The molecule has 2 aliphatic carbocycles. The number of aromatic amines is 1. The third-order valence-corrected chi connectivity index (χ3v) is 13.3. The number of ether oxygens (including phenoxy) is 1. The minimum absolute atomic E-state index is 0.00158. The fourth-order valence-electron chi connectivity index (χ4n) is 8.69. The van der Waals surface area contributed by atoms with Crippen LogP contribution in [0.15, 0.2) is 101 Å². The first-order chi connectivity index (χ1) is 23.4. The van der Waals surface area contributed by atoms with E-state index in [4.69, 9.17) is 16.3 Å². The van der Waals surface area contributed by atoms with E-state index in [1.54, 1.807) is 36.0 Å². The fourth-order valence-corrected chi connectivity index (χ4v) is 11.7. The molecule has 4 aliphatic rings. The first-order valence-electron chi connectivity index (χ1n) is 15.9. The van der Waals surface area contributed by atoms with Crippen LogP contribution in [0.2, 0.25) is 5.02 Å². The second-order valence-electron chi connectivity index (χ2n) is 12.9. The van der Waals surface area contributed by atoms with Gasteiger partial charge in [-0.05, 0) is 77.4 Å². The fraction of sp³-hybridized carbons (Fsp3) is 0.243. The van der Waals surface area contributed by atoms with Gasteiger partial charge in [0.05, 0.1) is 22.5 Å². The molecule has 7 atom stereocenters. The van der Waals surface area contributed by atoms with Crippen molar-refractivity contribution in [3.63, 3.8) is 0 Å². The minimum Gasteiger partial charge on any atom is -0.483 e. The normalized spacial score (nSPS) is 26.8. The third kappa shape index (κ3) is 4.64. The Morgan fingerprint density at radius 1 is 0.896 bits per heavy atom. The zero-order valence-corrected chi connectivity index (χ0v) is 27.7. The van der Waals surface area contributed by atoms with Gasteiger partial charge in [0, 0.05) is 32.3 Å². The number of fused-ring (bicyclic) bond motifs is 10. The van der Waals surface area contributed by atoms with Gasteiger partial charge in [-0.2, -0.15) is 0 Å². The third-order valence-electron chi connectivity index (χ3n) is 10.5. The topological polar surface area (TPSA) is 109 Å². The lowest BCUT2D eigenvalue weighted by atomic mass is 9.68. The number of thioether (sulfide) groups is 1. The van der Waals surface area contributed by atoms with E-state index in [1.165, 1.54) is 16.2 Å². The van der Waals surface area contributed by atoms with Crippen LogP contribution in [-0.2, 0) is 14.4 Å². The maximum Gasteiger partial charge on any atom is 0.305 e. The highest BCUT2D eigenvalue weighted by Crippen LogP contribution is 2.69. The summed E-state index contributed by atoms with van der Waals surface area (Å²) in [6, 6.07) is 28.2. The van der Waals surface area contributed by atoms with Crippen LogP contribution >= 0.6 is 34.7 Å². The van der Waals surface area contributed by atoms with E-state index >= 15 is 0 Å². The lowest BCUT2D eigenvalue weighted by molar-refractivity contribution is -0.123. The number of amides is 3. The number of thiazole rings is 1. The monoisotopic (exact) mass is 693 g/mol. The predicted octanol–water partition coefficient (Wildman–Crippen LogP) is 6.94. The van der Waals surface area contributed by atoms with Crippen LogP contribution in [0.3, 0.4) is 0 Å². The average molecular weight is 694 g/mol. The molecular formula is C37H28ClN3O5S2. The highest BCUT2D eigenvalue weighted by molar-refractivity contribution is 8.00. The number of hydrogen-bond donors (Lipinski definition) is 2. The largest absolute Gasteiger partial charge is 0.483 e. The Kier molecular flexibility index (Phi) is 7.04. The van der Waals surface area contributed by atoms with Gasteiger partial charge in [-0.3, -0.25) is 24.1 Å². The van der Waals surface area contributed by atoms with Crippen LogP contribution in [0.5, 0.6) is 5.75 Å². The number of carbonyl (C=O) groups excluding carboxylic acids is 3. The smallest absolute Gasteiger partial charge is 0.305 e. The van der Waals surface area contributed by atoms with Crippen molar-refractivity contribution in [3.8, 4) is 5.75 Å². The van der Waals surface area contributed by atoms with E-state index in [1.807, 2.05) is 66.7 Å². The van der Waals surface area contributed by atoms with Gasteiger partial charge in [-0.25, -0.2) is 0 Å². The molecule has 2 bridgehead atoms. The average Bonchev–Trinajstić information content (AvgIpc) is 3.83. The van der Waals surface area contributed by atoms with Gasteiger partial charge in [-0.1, -0.05) is 71.5 Å². The summed E-state index contributed by atoms with van der Waals surface area (Å²) in [5, 5.41) is 6.44. The van der Waals surface area contributed by atoms with Crippen molar-refractivity contribution in [1.29, 1.82) is 0 Å². The van der Waals surface area contributed by atoms with Crippen LogP contribution in [0.4, 0.5) is 11.4 Å². The lowest BCUT2D eigenvalue weighted by Crippen LogP contribution is -2.42. The molecule has 1 saturated heterocycles. The van der Waals surface area contributed by atoms with Crippen molar-refractivity contribution < 1.29 is 19.1 Å². The van der Waals surface area contributed by atoms with E-state index in [9.17, 15) is 19.2 Å². The zero-order valence-electron chi connectivity index (χ0n) is 25.3. The second-order valence-corrected chi connectivity index (χ2v) is 15.5. The number of anilines is 2. The number of aromatic nitrogens is 1. The minimum atomic E-state index is -0.430. The van der Waals surface area contributed by atoms with Crippen molar-refractivity contribution in [2.24, 2.45) is 29.6 Å². The number of carbonyl (C=O) groups is 3. The van der Waals surface area contributed by atoms with Crippen LogP contribution in [-0.4, -0.2) is 34.6 Å². The van der Waals surface area contributed by atoms with Gasteiger partial charge >= 0.3 is 4.87 Å². The molecule has 3 amide bonds. The Morgan fingerprint density at radius 3 is 2.44 bits per heavy atom. The van der Waals surface area contributed by atoms with Crippen molar-refractivity contribution in [1.82, 2.24) is 4.98 Å². The standard InChI is InChI=1S/C37H28ClN3O5S2/c38-20-10-13-22(14-11-20)41-35(43)30-24-16-25(31(30)36(41)44)32-29(24)28(33-34(47-32)40-37(45)48-33)23-7-3-4-8-26(23)46-17-27(42)39-21-12-9-18-5-1-2-6-19(18)15-21/h1-15,24-25,28-32H,16-17H2,(H,39,42)(H,40,45)/t24?,25?,28-,29?,30?,31?,32?/m1/s1. The Morgan fingerprint density at radius 2 is 1.62 bits per heavy atom. The molecule has 4 aromatic carbocycles. The van der Waals surface area contributed by atoms with Gasteiger partial charge in [0.15, 0.2) is 6.61 Å². The number of nitrogens with one attached hydrogen (secondary N) is 2. The number of hydrogen-bond acceptors (Lipinski definition) is 7. The summed E-state index contributed by atoms with van der Waals surface area (Å²) in [6.45, 7) is -0.199. The Balaban J connectivity index is 1.02. The lowest BCUT2D eigenvalue weighted by Gasteiger charge is -2.43. The summed E-state index contributed by atoms with van der Waals surface area (Å²) >= 11 is 8.93. The molecule has 2 N–H and O–H groups in total. The first kappa shape index (κ1) is 29.7. The van der Waals surface area contributed by atoms with Gasteiger partial charge in [0.2, 0.25) is 11.8 Å². The number of halogens is 1. The van der Waals surface area contributed by atoms with Crippen LogP contribution in [0.1, 0.15) is 22.8 Å². The van der Waals surface area contributed by atoms with E-state index in [-0.39, 0.29) is 58.1 Å². The van der Waals surface area contributed by atoms with Crippen molar-refractivity contribution in [2.75, 3.05) is 16.8 Å². The molecule has 3 fully saturated rings. The van der Waals surface area contributed by atoms with Gasteiger partial charge in [-0.15, -0.1) is 11.8 Å². The Bertz CT molecular complexity index is 2200. The summed E-state index contributed by atoms with van der Waals surface area (Å²) in [7, 11) is 0. The molecule has 11 heteroatoms. The van der Waals surface area contributed by atoms with Gasteiger partial charge < -0.3 is 15.0 Å². The van der Waals surface area contributed by atoms with Crippen molar-refractivity contribution in [3.05, 3.63) is 116 Å². The number of imide groups is 1. The molecule has 2 aliphatic heterocycles. The molecule has 5 aromatic rings. The number of benzene rings is 4. The summed E-state index contributed by atoms with van der Waals surface area (Å²) in [5.41, 5.74) is 2.10. The van der Waals surface area contributed by atoms with Crippen molar-refractivity contribution >= 4 is 74.6 Å². The van der Waals surface area contributed by atoms with E-state index < -0.39 is 11.8 Å². The number of para-hydroxylation sites is 1. The Labute approximate surface area is 288 Å². The highest BCUT2D eigenvalue weighted by atomic mass is 35.5. The molecule has 240 valence electrons. The second kappa shape index (κ2) is 11.4. The molecule has 48 heavy (non-hydrogen) atoms. The van der Waals surface area contributed by atoms with Gasteiger partial charge in [0.25, 0.3) is 5.91 Å². The van der Waals surface area contributed by atoms with E-state index in [0.717, 1.165) is 32.7 Å². The first-order valence-corrected chi connectivity index (χ1v) is 18.0. The Hall–Kier alpha value is -4.38. The van der Waals surface area contributed by atoms with E-state index in [2.05, 4.69) is 10.3 Å². The molecule has 3 heterocycles. The molecule has 1 aromatic heterocycles. The van der Waals surface area contributed by atoms with Crippen LogP contribution in [0.25, 0.3) is 10.8 Å². The van der Waals surface area contributed by atoms with Crippen LogP contribution < -0.4 is 19.8 Å². The summed E-state index contributed by atoms with van der Waals surface area (Å²) in [5.74, 6) is -1.17. The van der Waals surface area contributed by atoms with Gasteiger partial charge in [0.1, 0.15) is 5.75 Å². The maximum atomic E-state index is 14.0. The molecule has 8 nitrogen and oxygen atoms in total. The summed E-state index contributed by atoms with van der Waals surface area (Å²) in [4.78, 5) is 59.0. The highest BCUT2D eigenvalue weighted by Gasteiger charge is 2.69. The molecule has 0 radical (unpaired) electrons. The number of H-pyrrole nitrogens is 1. The van der Waals surface area contributed by atoms with Crippen molar-refractivity contribution in [2.45, 2.75) is 22.6 Å². The molecular weight excluding hydrogens is 666 g/mol. The van der Waals surface area contributed by atoms with E-state index in [0.29, 0.717) is 22.1 Å². The molecule has 2 saturated carbocycles. The maximum absolute atomic E-state index is 14.0. The molecule has 6 unspecified atom stereocenters. The number of nitrogens with zero attached hydrogens (tertiary/aromatic N) is 1. The quantitative estimate of drug-likeness (QED) is 0.187. The van der Waals surface area contributed by atoms with Crippen LogP contribution in [0, 0.1) is 29.6 Å². The SMILES string of the molecule is O=C(COc1ccccc1[C@H]1c2sc(=O)[nH]c2SC2C3CC(C4C(=O)N(c5ccc(Cl)cc5)C(=O)C34)C21)Nc1ccc2ccccc2c1. The predicted molar refractivity (Wildman–Crippen MR) is 187 cm³/mol. The molecule has 9 rings (SSSR count). The summed E-state index contributed by atoms with van der Waals surface area (Å²) < 4.78 is 6.23. The summed E-state index contributed by atoms with van der Waals surface area (Å²) in [6.07, 6.45) is 0.774. The number of rotatable bonds is 6. The molecule has 0 spiro atoms. The zero-order chi connectivity index (χ0) is 32.7.